The molecule has 1 unspecified atom stereocenters. The Morgan fingerprint density at radius 2 is 1.64 bits per heavy atom. The second kappa shape index (κ2) is 13.8. The van der Waals surface area contributed by atoms with E-state index in [2.05, 4.69) is 6.58 Å². The molecule has 0 spiro atoms. The van der Waals surface area contributed by atoms with E-state index in [0.717, 1.165) is 30.7 Å². The average molecular weight is 685 g/mol. The van der Waals surface area contributed by atoms with Crippen molar-refractivity contribution in [3.05, 3.63) is 60.2 Å². The summed E-state index contributed by atoms with van der Waals surface area (Å²) in [6.07, 6.45) is -3.82. The first-order chi connectivity index (χ1) is 21.5. The number of carbonyl (C=O) groups is 3. The van der Waals surface area contributed by atoms with Gasteiger partial charge in [-0.1, -0.05) is 6.08 Å². The number of aromatic carboxylic acids is 1. The number of carbonyl (C=O) groups excluding carboxylic acids is 2. The third-order valence-electron chi connectivity index (χ3n) is 6.75. The van der Waals surface area contributed by atoms with Crippen LogP contribution in [0.2, 0.25) is 0 Å². The van der Waals surface area contributed by atoms with Gasteiger partial charge in [-0.15, -0.1) is 6.58 Å². The minimum atomic E-state index is -5.41. The smallest absolute Gasteiger partial charge is 0.478 e. The Labute approximate surface area is 271 Å². The Morgan fingerprint density at radius 3 is 2.19 bits per heavy atom. The average Bonchev–Trinajstić information content (AvgIpc) is 2.91. The van der Waals surface area contributed by atoms with Crippen molar-refractivity contribution in [3.8, 4) is 5.75 Å². The summed E-state index contributed by atoms with van der Waals surface area (Å²) in [5, 5.41) is 9.67. The van der Waals surface area contributed by atoms with Gasteiger partial charge in [-0.3, -0.25) is 0 Å². The van der Waals surface area contributed by atoms with Crippen LogP contribution in [0.1, 0.15) is 83.1 Å². The number of halogens is 3. The molecule has 0 saturated carbocycles. The molecule has 2 aromatic rings. The van der Waals surface area contributed by atoms with Crippen LogP contribution in [0.5, 0.6) is 5.75 Å². The van der Waals surface area contributed by atoms with E-state index >= 15 is 0 Å². The molecule has 0 bridgehead atoms. The molecular weight excluding hydrogens is 645 g/mol. The van der Waals surface area contributed by atoms with Crippen molar-refractivity contribution < 1.29 is 55.3 Å². The summed E-state index contributed by atoms with van der Waals surface area (Å²) in [5.41, 5.74) is -4.99. The van der Waals surface area contributed by atoms with Crippen LogP contribution in [0, 0.1) is 0 Å². The van der Waals surface area contributed by atoms with E-state index in [1.165, 1.54) is 41.5 Å². The highest BCUT2D eigenvalue weighted by molar-refractivity contribution is 7.93. The van der Waals surface area contributed by atoms with Gasteiger partial charge in [-0.05, 0) is 104 Å². The molecule has 1 atom stereocenters. The normalized spacial score (nSPS) is 15.9. The van der Waals surface area contributed by atoms with E-state index in [9.17, 15) is 41.1 Å². The minimum absolute atomic E-state index is 0.0250. The zero-order valence-electron chi connectivity index (χ0n) is 27.0. The molecule has 47 heavy (non-hydrogen) atoms. The summed E-state index contributed by atoms with van der Waals surface area (Å²) in [7, 11) is -5.41. The van der Waals surface area contributed by atoms with Gasteiger partial charge in [0.2, 0.25) is 0 Å². The molecule has 0 aromatic heterocycles. The van der Waals surface area contributed by atoms with Crippen LogP contribution in [0.15, 0.2) is 53.9 Å². The van der Waals surface area contributed by atoms with Gasteiger partial charge in [0.05, 0.1) is 22.5 Å². The second-order valence-corrected chi connectivity index (χ2v) is 14.6. The Kier molecular flexibility index (Phi) is 10.9. The number of hydrogen-bond donors (Lipinski definition) is 1. The molecule has 3 rings (SSSR count). The number of anilines is 2. The molecule has 1 aliphatic rings. The summed E-state index contributed by atoms with van der Waals surface area (Å²) in [4.78, 5) is 39.1. The van der Waals surface area contributed by atoms with Gasteiger partial charge in [0.25, 0.3) is 10.0 Å². The molecule has 1 heterocycles. The number of sulfonamides is 1. The molecule has 0 radical (unpaired) electrons. The topological polar surface area (TPSA) is 140 Å². The number of ether oxygens (including phenoxy) is 3. The molecule has 1 N–H and O–H groups in total. The van der Waals surface area contributed by atoms with Crippen LogP contribution in [-0.2, 0) is 25.7 Å². The number of alkyl halides is 3. The Morgan fingerprint density at radius 1 is 1.00 bits per heavy atom. The number of amides is 1. The lowest BCUT2D eigenvalue weighted by molar-refractivity contribution is -0.137. The van der Waals surface area contributed by atoms with Gasteiger partial charge < -0.3 is 24.2 Å². The zero-order valence-corrected chi connectivity index (χ0v) is 27.8. The highest BCUT2D eigenvalue weighted by atomic mass is 32.2. The van der Waals surface area contributed by atoms with Gasteiger partial charge in [0.15, 0.2) is 5.75 Å². The van der Waals surface area contributed by atoms with E-state index in [1.54, 1.807) is 11.0 Å². The summed E-state index contributed by atoms with van der Waals surface area (Å²) >= 11 is 0. The molecule has 15 heteroatoms. The molecule has 2 aromatic carbocycles. The fourth-order valence-electron chi connectivity index (χ4n) is 4.88. The molecule has 1 saturated heterocycles. The lowest BCUT2D eigenvalue weighted by Gasteiger charge is -2.39. The SMILES string of the molecule is C=CCC1CCCCN1c1ccc(C(F)(F)F)cc1N(C(=O)OC(C)(C)C)S(=O)(=O)c1cc(C(=O)O)ccc1OC(=O)OC(C)(C)C. The lowest BCUT2D eigenvalue weighted by Crippen LogP contribution is -2.44. The first-order valence-electron chi connectivity index (χ1n) is 14.7. The van der Waals surface area contributed by atoms with Crippen molar-refractivity contribution >= 4 is 39.6 Å². The van der Waals surface area contributed by atoms with Gasteiger partial charge in [-0.2, -0.15) is 17.5 Å². The first kappa shape index (κ1) is 37.2. The molecule has 1 aliphatic heterocycles. The van der Waals surface area contributed by atoms with Crippen LogP contribution >= 0.6 is 0 Å². The van der Waals surface area contributed by atoms with Crippen molar-refractivity contribution in [2.24, 2.45) is 0 Å². The van der Waals surface area contributed by atoms with E-state index in [0.29, 0.717) is 37.9 Å². The zero-order chi connectivity index (χ0) is 35.5. The van der Waals surface area contributed by atoms with Crippen molar-refractivity contribution in [2.45, 2.75) is 95.5 Å². The highest BCUT2D eigenvalue weighted by Crippen LogP contribution is 2.43. The number of hydrogen-bond acceptors (Lipinski definition) is 9. The van der Waals surface area contributed by atoms with Gasteiger partial charge in [0, 0.05) is 12.6 Å². The summed E-state index contributed by atoms with van der Waals surface area (Å²) in [6.45, 7) is 12.9. The standard InChI is InChI=1S/C32H39F3N2O9S/c1-8-11-22-12-9-10-17-36(22)23-15-14-21(32(33,34)35)19-24(23)37(28(40)45-30(2,3)4)47(42,43)26-18-20(27(38)39)13-16-25(26)44-29(41)46-31(5,6)7/h8,13-16,18-19,22H,1,9-12,17H2,2-7H3,(H,38,39). The van der Waals surface area contributed by atoms with Crippen LogP contribution in [0.4, 0.5) is 34.1 Å². The van der Waals surface area contributed by atoms with Crippen molar-refractivity contribution in [1.29, 1.82) is 0 Å². The third kappa shape index (κ3) is 9.40. The maximum atomic E-state index is 14.6. The number of rotatable bonds is 8. The van der Waals surface area contributed by atoms with Crippen LogP contribution in [0.3, 0.4) is 0 Å². The fourth-order valence-corrected chi connectivity index (χ4v) is 6.35. The number of piperidine rings is 1. The Bertz CT molecular complexity index is 1630. The maximum absolute atomic E-state index is 14.6. The van der Waals surface area contributed by atoms with Crippen LogP contribution < -0.4 is 13.9 Å². The number of nitrogens with zero attached hydrogens (tertiary/aromatic N) is 2. The molecule has 11 nitrogen and oxygen atoms in total. The second-order valence-electron chi connectivity index (χ2n) is 12.9. The van der Waals surface area contributed by atoms with Crippen molar-refractivity contribution in [3.63, 3.8) is 0 Å². The number of benzene rings is 2. The highest BCUT2D eigenvalue weighted by Gasteiger charge is 2.42. The van der Waals surface area contributed by atoms with Crippen LogP contribution in [-0.4, -0.2) is 55.5 Å². The molecule has 0 aliphatic carbocycles. The van der Waals surface area contributed by atoms with E-state index < -0.39 is 73.1 Å². The number of carboxylic acids is 1. The largest absolute Gasteiger partial charge is 0.514 e. The summed E-state index contributed by atoms with van der Waals surface area (Å²) in [6, 6.07) is 4.53. The van der Waals surface area contributed by atoms with E-state index in [-0.39, 0.29) is 16.0 Å². The fraction of sp³-hybridized carbons (Fsp3) is 0.469. The van der Waals surface area contributed by atoms with Gasteiger partial charge in [0.1, 0.15) is 16.1 Å². The van der Waals surface area contributed by atoms with Gasteiger partial charge in [-0.25, -0.2) is 22.8 Å². The minimum Gasteiger partial charge on any atom is -0.478 e. The molecule has 1 fully saturated rings. The molecule has 258 valence electrons. The molecule has 1 amide bonds. The van der Waals surface area contributed by atoms with Crippen molar-refractivity contribution in [1.82, 2.24) is 0 Å². The maximum Gasteiger partial charge on any atom is 0.514 e. The van der Waals surface area contributed by atoms with Crippen molar-refractivity contribution in [2.75, 3.05) is 15.7 Å². The summed E-state index contributed by atoms with van der Waals surface area (Å²) < 4.78 is 87.4. The predicted octanol–water partition coefficient (Wildman–Crippen LogP) is 7.78. The first-order valence-corrected chi connectivity index (χ1v) is 16.1. The molecular formula is C32H39F3N2O9S. The Balaban J connectivity index is 2.41. The van der Waals surface area contributed by atoms with Crippen LogP contribution in [0.25, 0.3) is 0 Å². The lowest BCUT2D eigenvalue weighted by atomic mass is 9.97. The monoisotopic (exact) mass is 684 g/mol. The Hall–Kier alpha value is -4.27. The van der Waals surface area contributed by atoms with Gasteiger partial charge >= 0.3 is 24.4 Å². The third-order valence-corrected chi connectivity index (χ3v) is 8.45. The van der Waals surface area contributed by atoms with E-state index in [1.807, 2.05) is 0 Å². The summed E-state index contributed by atoms with van der Waals surface area (Å²) in [5.74, 6) is -2.32. The van der Waals surface area contributed by atoms with E-state index in [4.69, 9.17) is 14.2 Å². The number of carboxylic acid groups (broad SMARTS) is 1. The predicted molar refractivity (Wildman–Crippen MR) is 167 cm³/mol. The quantitative estimate of drug-likeness (QED) is 0.167.